The number of nitro groups is 1. The number of fused-ring (bicyclic) bond motifs is 1. The van der Waals surface area contributed by atoms with Gasteiger partial charge in [0.05, 0.1) is 4.92 Å². The van der Waals surface area contributed by atoms with Crippen LogP contribution in [0.4, 0.5) is 5.69 Å². The monoisotopic (exact) mass is 365 g/mol. The molecule has 2 aromatic carbocycles. The topological polar surface area (TPSA) is 90.4 Å². The van der Waals surface area contributed by atoms with E-state index < -0.39 is 15.0 Å². The van der Waals surface area contributed by atoms with Crippen molar-refractivity contribution in [3.8, 4) is 5.19 Å². The van der Waals surface area contributed by atoms with Gasteiger partial charge in [-0.05, 0) is 30.4 Å². The molecule has 0 amide bonds. The molecule has 0 atom stereocenters. The van der Waals surface area contributed by atoms with Crippen LogP contribution in [0.5, 0.6) is 5.19 Å². The van der Waals surface area contributed by atoms with Crippen molar-refractivity contribution in [2.75, 3.05) is 0 Å². The van der Waals surface area contributed by atoms with Crippen LogP contribution in [-0.4, -0.2) is 13.3 Å². The second-order valence-corrected chi connectivity index (χ2v) is 7.73. The smallest absolute Gasteiger partial charge is 0.310 e. The summed E-state index contributed by atoms with van der Waals surface area (Å²) in [7, 11) is -2.33. The average Bonchev–Trinajstić information content (AvgIpc) is 2.82. The lowest BCUT2D eigenvalue weighted by Gasteiger charge is -2.02. The minimum Gasteiger partial charge on any atom is -0.310 e. The van der Waals surface area contributed by atoms with Crippen LogP contribution in [0.3, 0.4) is 0 Å². The third-order valence-electron chi connectivity index (χ3n) is 3.48. The first kappa shape index (κ1) is 16.3. The number of benzene rings is 2. The Hall–Kier alpha value is -2.52. The molecule has 0 unspecified atom stereocenters. The first-order valence-corrected chi connectivity index (χ1v) is 9.08. The number of rotatable bonds is 4. The van der Waals surface area contributed by atoms with E-state index in [0.29, 0.717) is 10.2 Å². The highest BCUT2D eigenvalue weighted by atomic mass is 32.2. The Kier molecular flexibility index (Phi) is 3.98. The second kappa shape index (κ2) is 5.84. The molecule has 0 bridgehead atoms. The van der Waals surface area contributed by atoms with Crippen molar-refractivity contribution in [2.45, 2.75) is 11.8 Å². The summed E-state index contributed by atoms with van der Waals surface area (Å²) >= 11 is 1.04. The maximum Gasteiger partial charge on any atom is 0.447 e. The van der Waals surface area contributed by atoms with Crippen LogP contribution in [0.25, 0.3) is 10.2 Å². The van der Waals surface area contributed by atoms with Crippen LogP contribution < -0.4 is 8.75 Å². The van der Waals surface area contributed by atoms with Crippen LogP contribution in [0.15, 0.2) is 47.4 Å². The number of thiazole rings is 1. The summed E-state index contributed by atoms with van der Waals surface area (Å²) in [5.41, 5.74) is 1.53. The van der Waals surface area contributed by atoms with Crippen LogP contribution in [0.2, 0.25) is 0 Å². The van der Waals surface area contributed by atoms with E-state index in [0.717, 1.165) is 16.9 Å². The number of nitrogens with zero attached hydrogens (tertiary/aromatic N) is 2. The summed E-state index contributed by atoms with van der Waals surface area (Å²) in [6, 6.07) is 10.6. The Labute approximate surface area is 142 Å². The molecule has 1 aromatic heterocycles. The molecule has 0 fully saturated rings. The Morgan fingerprint density at radius 3 is 2.46 bits per heavy atom. The SMILES string of the molecule is Cc1ccc(S(=O)(=O)Oc2sc3cc([N+](=O)[O-])ccc3[n+]2C)cc1. The summed E-state index contributed by atoms with van der Waals surface area (Å²) in [6.45, 7) is 1.86. The molecule has 0 radical (unpaired) electrons. The van der Waals surface area contributed by atoms with Gasteiger partial charge in [0.1, 0.15) is 16.6 Å². The Bertz CT molecular complexity index is 1040. The molecule has 124 valence electrons. The van der Waals surface area contributed by atoms with Crippen molar-refractivity contribution < 1.29 is 22.1 Å². The van der Waals surface area contributed by atoms with Gasteiger partial charge in [-0.1, -0.05) is 17.7 Å². The van der Waals surface area contributed by atoms with E-state index >= 15 is 0 Å². The van der Waals surface area contributed by atoms with Gasteiger partial charge in [-0.3, -0.25) is 10.1 Å². The Morgan fingerprint density at radius 1 is 1.17 bits per heavy atom. The zero-order valence-corrected chi connectivity index (χ0v) is 14.4. The molecule has 0 aliphatic carbocycles. The molecule has 7 nitrogen and oxygen atoms in total. The normalized spacial score (nSPS) is 11.6. The molecular formula is C15H13N2O5S2+. The summed E-state index contributed by atoms with van der Waals surface area (Å²) in [4.78, 5) is 10.4. The van der Waals surface area contributed by atoms with Gasteiger partial charge in [0.25, 0.3) is 5.69 Å². The van der Waals surface area contributed by atoms with Gasteiger partial charge in [-0.25, -0.2) is 0 Å². The number of nitro benzene ring substituents is 1. The highest BCUT2D eigenvalue weighted by Gasteiger charge is 2.27. The molecule has 9 heteroatoms. The highest BCUT2D eigenvalue weighted by molar-refractivity contribution is 7.87. The number of aryl methyl sites for hydroxylation is 2. The lowest BCUT2D eigenvalue weighted by molar-refractivity contribution is -0.643. The van der Waals surface area contributed by atoms with E-state index in [1.807, 2.05) is 6.92 Å². The van der Waals surface area contributed by atoms with Gasteiger partial charge >= 0.3 is 15.3 Å². The van der Waals surface area contributed by atoms with E-state index in [-0.39, 0.29) is 15.8 Å². The van der Waals surface area contributed by atoms with E-state index in [1.165, 1.54) is 24.3 Å². The van der Waals surface area contributed by atoms with Crippen molar-refractivity contribution in [3.63, 3.8) is 0 Å². The zero-order valence-electron chi connectivity index (χ0n) is 12.8. The van der Waals surface area contributed by atoms with Gasteiger partial charge < -0.3 is 4.18 Å². The molecule has 3 aromatic rings. The number of hydrogen-bond donors (Lipinski definition) is 0. The molecule has 0 spiro atoms. The molecule has 0 saturated heterocycles. The van der Waals surface area contributed by atoms with Crippen molar-refractivity contribution in [1.82, 2.24) is 0 Å². The first-order valence-electron chi connectivity index (χ1n) is 6.86. The molecule has 1 heterocycles. The molecule has 0 N–H and O–H groups in total. The van der Waals surface area contributed by atoms with Gasteiger partial charge in [0, 0.05) is 18.2 Å². The fraction of sp³-hybridized carbons (Fsp3) is 0.133. The van der Waals surface area contributed by atoms with Crippen molar-refractivity contribution >= 4 is 37.4 Å². The lowest BCUT2D eigenvalue weighted by atomic mass is 10.2. The molecule has 0 aliphatic heterocycles. The van der Waals surface area contributed by atoms with E-state index in [2.05, 4.69) is 0 Å². The van der Waals surface area contributed by atoms with Crippen LogP contribution in [0, 0.1) is 17.0 Å². The van der Waals surface area contributed by atoms with Crippen molar-refractivity contribution in [2.24, 2.45) is 7.05 Å². The third-order valence-corrected chi connectivity index (χ3v) is 5.89. The minimum atomic E-state index is -3.97. The van der Waals surface area contributed by atoms with Gasteiger partial charge in [-0.15, -0.1) is 0 Å². The fourth-order valence-corrected chi connectivity index (χ4v) is 4.34. The van der Waals surface area contributed by atoms with Gasteiger partial charge in [0.15, 0.2) is 0 Å². The average molecular weight is 365 g/mol. The van der Waals surface area contributed by atoms with Crippen molar-refractivity contribution in [3.05, 3.63) is 58.1 Å². The maximum absolute atomic E-state index is 12.4. The van der Waals surface area contributed by atoms with E-state index in [4.69, 9.17) is 4.18 Å². The third kappa shape index (κ3) is 2.95. The standard InChI is InChI=1S/C15H13N2O5S2/c1-10-3-6-12(7-4-10)24(20,21)22-15-16(2)13-8-5-11(17(18)19)9-14(13)23-15/h3-9H,1-2H3/q+1. The predicted octanol–water partition coefficient (Wildman–Crippen LogP) is 2.71. The number of aromatic nitrogens is 1. The quantitative estimate of drug-likeness (QED) is 0.307. The van der Waals surface area contributed by atoms with E-state index in [9.17, 15) is 18.5 Å². The van der Waals surface area contributed by atoms with Crippen LogP contribution in [0.1, 0.15) is 5.56 Å². The maximum atomic E-state index is 12.4. The molecule has 24 heavy (non-hydrogen) atoms. The Morgan fingerprint density at radius 2 is 1.83 bits per heavy atom. The number of non-ortho nitro benzene ring substituents is 1. The fourth-order valence-electron chi connectivity index (χ4n) is 2.16. The summed E-state index contributed by atoms with van der Waals surface area (Å²) in [5, 5.41) is 11.0. The lowest BCUT2D eigenvalue weighted by Crippen LogP contribution is -2.29. The van der Waals surface area contributed by atoms with E-state index in [1.54, 1.807) is 29.8 Å². The van der Waals surface area contributed by atoms with Crippen LogP contribution in [-0.2, 0) is 17.2 Å². The molecular weight excluding hydrogens is 352 g/mol. The largest absolute Gasteiger partial charge is 0.447 e. The zero-order chi connectivity index (χ0) is 17.5. The first-order chi connectivity index (χ1) is 11.3. The molecule has 0 aliphatic rings. The number of hydrogen-bond acceptors (Lipinski definition) is 6. The summed E-state index contributed by atoms with van der Waals surface area (Å²) in [5.74, 6) is 0. The van der Waals surface area contributed by atoms with Crippen LogP contribution >= 0.6 is 11.3 Å². The highest BCUT2D eigenvalue weighted by Crippen LogP contribution is 2.30. The summed E-state index contributed by atoms with van der Waals surface area (Å²) < 4.78 is 32.1. The molecule has 0 saturated carbocycles. The van der Waals surface area contributed by atoms with Crippen molar-refractivity contribution in [1.29, 1.82) is 0 Å². The predicted molar refractivity (Wildman–Crippen MR) is 88.6 cm³/mol. The van der Waals surface area contributed by atoms with Gasteiger partial charge in [-0.2, -0.15) is 13.0 Å². The van der Waals surface area contributed by atoms with Gasteiger partial charge in [0.2, 0.25) is 5.52 Å². The minimum absolute atomic E-state index is 0.0523. The molecule has 3 rings (SSSR count). The Balaban J connectivity index is 2.02. The summed E-state index contributed by atoms with van der Waals surface area (Å²) in [6.07, 6.45) is 0. The second-order valence-electron chi connectivity index (χ2n) is 5.19.